The fraction of sp³-hybridized carbons (Fsp3) is 0.0909. The van der Waals surface area contributed by atoms with Gasteiger partial charge < -0.3 is 0 Å². The molecule has 0 saturated carbocycles. The lowest BCUT2D eigenvalue weighted by molar-refractivity contribution is 0.900. The van der Waals surface area contributed by atoms with Crippen LogP contribution in [0.25, 0.3) is 11.1 Å². The Morgan fingerprint density at radius 2 is 2.00 bits per heavy atom. The van der Waals surface area contributed by atoms with Crippen LogP contribution in [0.1, 0.15) is 6.92 Å². The first-order valence-electron chi connectivity index (χ1n) is 4.61. The third-order valence-electron chi connectivity index (χ3n) is 2.17. The van der Waals surface area contributed by atoms with Crippen LogP contribution in [0.15, 0.2) is 41.3 Å². The summed E-state index contributed by atoms with van der Waals surface area (Å²) < 4.78 is 1.41. The molecule has 0 atom stereocenters. The lowest BCUT2D eigenvalue weighted by atomic mass is 10.1. The van der Waals surface area contributed by atoms with E-state index in [4.69, 9.17) is 5.41 Å². The second kappa shape index (κ2) is 3.57. The van der Waals surface area contributed by atoms with Gasteiger partial charge in [-0.2, -0.15) is 0 Å². The number of benzene rings is 1. The summed E-state index contributed by atoms with van der Waals surface area (Å²) in [4.78, 5) is 11.6. The minimum absolute atomic E-state index is 0.173. The molecule has 1 heterocycles. The predicted octanol–water partition coefficient (Wildman–Crippen LogP) is 1.69. The van der Waals surface area contributed by atoms with Crippen molar-refractivity contribution in [3.8, 4) is 11.1 Å². The zero-order valence-corrected chi connectivity index (χ0v) is 8.32. The van der Waals surface area contributed by atoms with E-state index in [1.165, 1.54) is 4.68 Å². The summed E-state index contributed by atoms with van der Waals surface area (Å²) in [5, 5.41) is 9.98. The Balaban J connectivity index is 2.55. The van der Waals surface area contributed by atoms with Crippen LogP contribution < -0.4 is 5.56 Å². The van der Waals surface area contributed by atoms with Gasteiger partial charge in [-0.05, 0) is 12.5 Å². The van der Waals surface area contributed by atoms with Gasteiger partial charge in [0.05, 0.1) is 5.56 Å². The van der Waals surface area contributed by atoms with Crippen LogP contribution >= 0.6 is 0 Å². The molecule has 4 heteroatoms. The van der Waals surface area contributed by atoms with E-state index in [0.717, 1.165) is 5.56 Å². The smallest absolute Gasteiger partial charge is 0.272 e. The Morgan fingerprint density at radius 1 is 1.33 bits per heavy atom. The molecule has 0 bridgehead atoms. The van der Waals surface area contributed by atoms with Crippen molar-refractivity contribution in [2.45, 2.75) is 6.92 Å². The van der Waals surface area contributed by atoms with Gasteiger partial charge >= 0.3 is 0 Å². The van der Waals surface area contributed by atoms with Crippen molar-refractivity contribution >= 4 is 5.84 Å². The van der Waals surface area contributed by atoms with Gasteiger partial charge in [-0.25, -0.2) is 4.68 Å². The van der Waals surface area contributed by atoms with Gasteiger partial charge in [0.15, 0.2) is 0 Å². The van der Waals surface area contributed by atoms with Gasteiger partial charge in [-0.15, -0.1) is 0 Å². The summed E-state index contributed by atoms with van der Waals surface area (Å²) >= 11 is 0. The van der Waals surface area contributed by atoms with Gasteiger partial charge in [-0.3, -0.25) is 15.3 Å². The topological polar surface area (TPSA) is 61.6 Å². The molecule has 0 fully saturated rings. The minimum Gasteiger partial charge on any atom is -0.287 e. The molecule has 2 rings (SSSR count). The lowest BCUT2D eigenvalue weighted by Gasteiger charge is -1.95. The second-order valence-corrected chi connectivity index (χ2v) is 3.31. The normalized spacial score (nSPS) is 10.2. The number of aromatic amines is 1. The molecule has 0 radical (unpaired) electrons. The number of aromatic nitrogens is 2. The molecular formula is C11H11N3O. The van der Waals surface area contributed by atoms with Crippen molar-refractivity contribution in [2.75, 3.05) is 0 Å². The molecule has 76 valence electrons. The molecule has 0 spiro atoms. The molecular weight excluding hydrogens is 190 g/mol. The Kier molecular flexibility index (Phi) is 2.25. The number of hydrogen-bond donors (Lipinski definition) is 2. The average Bonchev–Trinajstić information content (AvgIpc) is 2.62. The SMILES string of the molecule is CC(=N)n1cc(-c2ccccc2)c(=O)[nH]1. The molecule has 2 N–H and O–H groups in total. The Labute approximate surface area is 86.7 Å². The van der Waals surface area contributed by atoms with Gasteiger partial charge in [-0.1, -0.05) is 30.3 Å². The van der Waals surface area contributed by atoms with Gasteiger partial charge in [0.1, 0.15) is 5.84 Å². The predicted molar refractivity (Wildman–Crippen MR) is 59.3 cm³/mol. The third kappa shape index (κ3) is 1.74. The standard InChI is InChI=1S/C11H11N3O/c1-8(12)14-7-10(11(15)13-14)9-5-3-2-4-6-9/h2-7,12H,1H3,(H,13,15). The summed E-state index contributed by atoms with van der Waals surface area (Å²) in [5.74, 6) is 0.286. The van der Waals surface area contributed by atoms with E-state index in [1.807, 2.05) is 30.3 Å². The molecule has 1 aromatic heterocycles. The highest BCUT2D eigenvalue weighted by molar-refractivity contribution is 5.79. The molecule has 0 amide bonds. The van der Waals surface area contributed by atoms with Crippen LogP contribution in [0.4, 0.5) is 0 Å². The quantitative estimate of drug-likeness (QED) is 0.535. The van der Waals surface area contributed by atoms with Crippen LogP contribution in [-0.2, 0) is 0 Å². The van der Waals surface area contributed by atoms with E-state index >= 15 is 0 Å². The number of hydrogen-bond acceptors (Lipinski definition) is 2. The van der Waals surface area contributed by atoms with Crippen molar-refractivity contribution in [3.05, 3.63) is 46.9 Å². The monoisotopic (exact) mass is 201 g/mol. The average molecular weight is 201 g/mol. The number of nitrogens with zero attached hydrogens (tertiary/aromatic N) is 1. The van der Waals surface area contributed by atoms with Crippen LogP contribution in [0.2, 0.25) is 0 Å². The summed E-state index contributed by atoms with van der Waals surface area (Å²) in [6.45, 7) is 1.62. The van der Waals surface area contributed by atoms with E-state index < -0.39 is 0 Å². The highest BCUT2D eigenvalue weighted by Gasteiger charge is 2.06. The van der Waals surface area contributed by atoms with E-state index in [9.17, 15) is 4.79 Å². The van der Waals surface area contributed by atoms with Crippen LogP contribution in [0.5, 0.6) is 0 Å². The zero-order chi connectivity index (χ0) is 10.8. The van der Waals surface area contributed by atoms with E-state index in [0.29, 0.717) is 5.56 Å². The van der Waals surface area contributed by atoms with E-state index in [1.54, 1.807) is 13.1 Å². The maximum Gasteiger partial charge on any atom is 0.272 e. The first-order chi connectivity index (χ1) is 7.18. The molecule has 0 aliphatic carbocycles. The summed E-state index contributed by atoms with van der Waals surface area (Å²) in [7, 11) is 0. The Bertz CT molecular complexity index is 536. The second-order valence-electron chi connectivity index (χ2n) is 3.31. The fourth-order valence-corrected chi connectivity index (χ4v) is 1.39. The molecule has 0 saturated heterocycles. The molecule has 2 aromatic rings. The Hall–Kier alpha value is -2.10. The van der Waals surface area contributed by atoms with Crippen LogP contribution in [-0.4, -0.2) is 15.6 Å². The van der Waals surface area contributed by atoms with Crippen LogP contribution in [0, 0.1) is 5.41 Å². The van der Waals surface area contributed by atoms with E-state index in [2.05, 4.69) is 5.10 Å². The third-order valence-corrected chi connectivity index (χ3v) is 2.17. The fourth-order valence-electron chi connectivity index (χ4n) is 1.39. The zero-order valence-electron chi connectivity index (χ0n) is 8.32. The van der Waals surface area contributed by atoms with Crippen molar-refractivity contribution in [1.29, 1.82) is 5.41 Å². The molecule has 0 aliphatic rings. The van der Waals surface area contributed by atoms with Gasteiger partial charge in [0.25, 0.3) is 5.56 Å². The lowest BCUT2D eigenvalue weighted by Crippen LogP contribution is -2.10. The number of rotatable bonds is 1. The largest absolute Gasteiger partial charge is 0.287 e. The molecule has 15 heavy (non-hydrogen) atoms. The Morgan fingerprint density at radius 3 is 2.53 bits per heavy atom. The number of nitrogens with one attached hydrogen (secondary N) is 2. The first-order valence-corrected chi connectivity index (χ1v) is 4.61. The van der Waals surface area contributed by atoms with Crippen molar-refractivity contribution in [1.82, 2.24) is 9.78 Å². The van der Waals surface area contributed by atoms with Gasteiger partial charge in [0, 0.05) is 6.20 Å². The maximum atomic E-state index is 11.6. The first kappa shape index (κ1) is 9.45. The maximum absolute atomic E-state index is 11.6. The molecule has 4 nitrogen and oxygen atoms in total. The summed E-state index contributed by atoms with van der Waals surface area (Å²) in [6.07, 6.45) is 1.64. The van der Waals surface area contributed by atoms with Crippen molar-refractivity contribution in [3.63, 3.8) is 0 Å². The molecule has 0 unspecified atom stereocenters. The summed E-state index contributed by atoms with van der Waals surface area (Å²) in [5.41, 5.74) is 1.27. The summed E-state index contributed by atoms with van der Waals surface area (Å²) in [6, 6.07) is 9.39. The molecule has 0 aliphatic heterocycles. The highest BCUT2D eigenvalue weighted by Crippen LogP contribution is 2.13. The van der Waals surface area contributed by atoms with Gasteiger partial charge in [0.2, 0.25) is 0 Å². The highest BCUT2D eigenvalue weighted by atomic mass is 16.1. The van der Waals surface area contributed by atoms with Crippen molar-refractivity contribution < 1.29 is 0 Å². The number of H-pyrrole nitrogens is 1. The molecule has 1 aromatic carbocycles. The van der Waals surface area contributed by atoms with Crippen molar-refractivity contribution in [2.24, 2.45) is 0 Å². The van der Waals surface area contributed by atoms with Crippen LogP contribution in [0.3, 0.4) is 0 Å². The van der Waals surface area contributed by atoms with E-state index in [-0.39, 0.29) is 11.4 Å². The minimum atomic E-state index is -0.173.